The molecule has 20 heavy (non-hydrogen) atoms. The van der Waals surface area contributed by atoms with Gasteiger partial charge in [0.15, 0.2) is 0 Å². The Morgan fingerprint density at radius 1 is 1.40 bits per heavy atom. The standard InChI is InChI=1S/C14H18N4O2/c1-11-4-3-5-13(8-11)20-7-6-15-14(19)10-18-9-12(2)16-17-18/h3-5,8-9H,6-7,10H2,1-2H3,(H,15,19). The van der Waals surface area contributed by atoms with Crippen LogP contribution in [0.15, 0.2) is 30.5 Å². The second-order valence-corrected chi connectivity index (χ2v) is 4.57. The van der Waals surface area contributed by atoms with Gasteiger partial charge in [-0.15, -0.1) is 5.10 Å². The number of aryl methyl sites for hydroxylation is 2. The molecule has 0 aliphatic heterocycles. The minimum absolute atomic E-state index is 0.109. The Hall–Kier alpha value is -2.37. The first-order valence-electron chi connectivity index (χ1n) is 6.46. The van der Waals surface area contributed by atoms with Crippen LogP contribution in [0.4, 0.5) is 0 Å². The SMILES string of the molecule is Cc1cccc(OCCNC(=O)Cn2cc(C)nn2)c1. The average molecular weight is 274 g/mol. The number of aromatic nitrogens is 3. The van der Waals surface area contributed by atoms with E-state index < -0.39 is 0 Å². The monoisotopic (exact) mass is 274 g/mol. The molecule has 0 saturated carbocycles. The van der Waals surface area contributed by atoms with E-state index >= 15 is 0 Å². The van der Waals surface area contributed by atoms with Gasteiger partial charge in [0.2, 0.25) is 5.91 Å². The van der Waals surface area contributed by atoms with Crippen LogP contribution < -0.4 is 10.1 Å². The summed E-state index contributed by atoms with van der Waals surface area (Å²) in [5, 5.41) is 10.4. The highest BCUT2D eigenvalue weighted by molar-refractivity contribution is 5.75. The van der Waals surface area contributed by atoms with Gasteiger partial charge in [0.1, 0.15) is 18.9 Å². The van der Waals surface area contributed by atoms with Gasteiger partial charge >= 0.3 is 0 Å². The second kappa shape index (κ2) is 6.70. The highest BCUT2D eigenvalue weighted by atomic mass is 16.5. The summed E-state index contributed by atoms with van der Waals surface area (Å²) >= 11 is 0. The van der Waals surface area contributed by atoms with Crippen LogP contribution in [0.3, 0.4) is 0 Å². The summed E-state index contributed by atoms with van der Waals surface area (Å²) in [7, 11) is 0. The molecule has 0 aliphatic rings. The molecule has 0 unspecified atom stereocenters. The number of ether oxygens (including phenoxy) is 1. The van der Waals surface area contributed by atoms with Gasteiger partial charge in [0, 0.05) is 6.20 Å². The van der Waals surface area contributed by atoms with E-state index in [2.05, 4.69) is 15.6 Å². The van der Waals surface area contributed by atoms with Crippen LogP contribution in [0.5, 0.6) is 5.75 Å². The Morgan fingerprint density at radius 3 is 2.95 bits per heavy atom. The van der Waals surface area contributed by atoms with Crippen LogP contribution in [0.1, 0.15) is 11.3 Å². The molecule has 2 aromatic rings. The Kier molecular flexibility index (Phi) is 4.70. The van der Waals surface area contributed by atoms with E-state index in [4.69, 9.17) is 4.74 Å². The lowest BCUT2D eigenvalue weighted by Crippen LogP contribution is -2.31. The summed E-state index contributed by atoms with van der Waals surface area (Å²) in [6.07, 6.45) is 1.73. The minimum Gasteiger partial charge on any atom is -0.492 e. The van der Waals surface area contributed by atoms with Crippen molar-refractivity contribution in [2.24, 2.45) is 0 Å². The number of carbonyl (C=O) groups excluding carboxylic acids is 1. The van der Waals surface area contributed by atoms with Crippen molar-refractivity contribution in [2.45, 2.75) is 20.4 Å². The molecule has 1 amide bonds. The van der Waals surface area contributed by atoms with Crippen LogP contribution in [-0.4, -0.2) is 34.1 Å². The molecule has 6 heteroatoms. The van der Waals surface area contributed by atoms with E-state index in [1.807, 2.05) is 38.1 Å². The van der Waals surface area contributed by atoms with E-state index in [1.165, 1.54) is 4.68 Å². The van der Waals surface area contributed by atoms with Crippen molar-refractivity contribution in [3.63, 3.8) is 0 Å². The highest BCUT2D eigenvalue weighted by Gasteiger charge is 2.03. The summed E-state index contributed by atoms with van der Waals surface area (Å²) in [5.74, 6) is 0.703. The first-order valence-corrected chi connectivity index (χ1v) is 6.46. The van der Waals surface area contributed by atoms with Crippen molar-refractivity contribution in [3.05, 3.63) is 41.7 Å². The highest BCUT2D eigenvalue weighted by Crippen LogP contribution is 2.11. The Labute approximate surface area is 117 Å². The molecule has 1 heterocycles. The van der Waals surface area contributed by atoms with E-state index in [0.717, 1.165) is 17.0 Å². The number of carbonyl (C=O) groups is 1. The summed E-state index contributed by atoms with van der Waals surface area (Å²) in [6.45, 7) is 4.91. The van der Waals surface area contributed by atoms with Crippen LogP contribution in [0.2, 0.25) is 0 Å². The zero-order valence-corrected chi connectivity index (χ0v) is 11.7. The minimum atomic E-state index is -0.109. The summed E-state index contributed by atoms with van der Waals surface area (Å²) in [6, 6.07) is 7.80. The second-order valence-electron chi connectivity index (χ2n) is 4.57. The number of rotatable bonds is 6. The van der Waals surface area contributed by atoms with E-state index in [9.17, 15) is 4.79 Å². The largest absolute Gasteiger partial charge is 0.492 e. The quantitative estimate of drug-likeness (QED) is 0.801. The topological polar surface area (TPSA) is 69.0 Å². The van der Waals surface area contributed by atoms with Crippen LogP contribution in [0, 0.1) is 13.8 Å². The molecule has 0 aliphatic carbocycles. The van der Waals surface area contributed by atoms with Crippen molar-refractivity contribution in [2.75, 3.05) is 13.2 Å². The number of nitrogens with zero attached hydrogens (tertiary/aromatic N) is 3. The van der Waals surface area contributed by atoms with Gasteiger partial charge in [0.05, 0.1) is 12.2 Å². The molecule has 1 aromatic carbocycles. The molecular weight excluding hydrogens is 256 g/mol. The van der Waals surface area contributed by atoms with Gasteiger partial charge in [-0.3, -0.25) is 4.79 Å². The molecule has 0 radical (unpaired) electrons. The Balaban J connectivity index is 1.67. The molecule has 0 saturated heterocycles. The zero-order chi connectivity index (χ0) is 14.4. The van der Waals surface area contributed by atoms with Gasteiger partial charge in [-0.05, 0) is 31.5 Å². The molecular formula is C14H18N4O2. The Morgan fingerprint density at radius 2 is 2.25 bits per heavy atom. The van der Waals surface area contributed by atoms with Crippen LogP contribution >= 0.6 is 0 Å². The molecule has 0 bridgehead atoms. The predicted molar refractivity (Wildman–Crippen MR) is 74.4 cm³/mol. The lowest BCUT2D eigenvalue weighted by molar-refractivity contribution is -0.121. The van der Waals surface area contributed by atoms with Crippen molar-refractivity contribution in [3.8, 4) is 5.75 Å². The molecule has 0 fully saturated rings. The van der Waals surface area contributed by atoms with Crippen molar-refractivity contribution >= 4 is 5.91 Å². The van der Waals surface area contributed by atoms with Gasteiger partial charge in [0.25, 0.3) is 0 Å². The summed E-state index contributed by atoms with van der Waals surface area (Å²) < 4.78 is 7.05. The number of hydrogen-bond donors (Lipinski definition) is 1. The van der Waals surface area contributed by atoms with Crippen molar-refractivity contribution in [1.29, 1.82) is 0 Å². The van der Waals surface area contributed by atoms with Crippen LogP contribution in [-0.2, 0) is 11.3 Å². The lowest BCUT2D eigenvalue weighted by atomic mass is 10.2. The fourth-order valence-corrected chi connectivity index (χ4v) is 1.74. The van der Waals surface area contributed by atoms with Crippen molar-refractivity contribution < 1.29 is 9.53 Å². The van der Waals surface area contributed by atoms with E-state index in [1.54, 1.807) is 6.20 Å². The molecule has 106 valence electrons. The Bertz CT molecular complexity index is 580. The normalized spacial score (nSPS) is 10.3. The van der Waals surface area contributed by atoms with Gasteiger partial charge in [-0.1, -0.05) is 17.3 Å². The lowest BCUT2D eigenvalue weighted by Gasteiger charge is -2.08. The molecule has 2 rings (SSSR count). The third kappa shape index (κ3) is 4.38. The van der Waals surface area contributed by atoms with Crippen molar-refractivity contribution in [1.82, 2.24) is 20.3 Å². The van der Waals surface area contributed by atoms with Gasteiger partial charge < -0.3 is 10.1 Å². The number of benzene rings is 1. The smallest absolute Gasteiger partial charge is 0.241 e. The summed E-state index contributed by atoms with van der Waals surface area (Å²) in [5.41, 5.74) is 1.94. The zero-order valence-electron chi connectivity index (χ0n) is 11.7. The molecule has 0 spiro atoms. The molecule has 1 N–H and O–H groups in total. The maximum absolute atomic E-state index is 11.6. The number of nitrogens with one attached hydrogen (secondary N) is 1. The summed E-state index contributed by atoms with van der Waals surface area (Å²) in [4.78, 5) is 11.6. The third-order valence-corrected chi connectivity index (χ3v) is 2.64. The molecule has 1 aromatic heterocycles. The van der Waals surface area contributed by atoms with Gasteiger partial charge in [-0.2, -0.15) is 0 Å². The maximum atomic E-state index is 11.6. The fraction of sp³-hybridized carbons (Fsp3) is 0.357. The average Bonchev–Trinajstić information content (AvgIpc) is 2.80. The third-order valence-electron chi connectivity index (χ3n) is 2.64. The maximum Gasteiger partial charge on any atom is 0.241 e. The first kappa shape index (κ1) is 14.0. The van der Waals surface area contributed by atoms with E-state index in [-0.39, 0.29) is 12.5 Å². The molecule has 6 nitrogen and oxygen atoms in total. The molecule has 0 atom stereocenters. The number of hydrogen-bond acceptors (Lipinski definition) is 4. The first-order chi connectivity index (χ1) is 9.63. The predicted octanol–water partition coefficient (Wildman–Crippen LogP) is 1.09. The van der Waals surface area contributed by atoms with Crippen LogP contribution in [0.25, 0.3) is 0 Å². The number of amides is 1. The van der Waals surface area contributed by atoms with E-state index in [0.29, 0.717) is 13.2 Å². The fourth-order valence-electron chi connectivity index (χ4n) is 1.74. The van der Waals surface area contributed by atoms with Gasteiger partial charge in [-0.25, -0.2) is 4.68 Å².